The molecule has 0 aliphatic carbocycles. The summed E-state index contributed by atoms with van der Waals surface area (Å²) in [6.45, 7) is 2.27. The lowest BCUT2D eigenvalue weighted by Gasteiger charge is -2.31. The number of hydrogen-bond donors (Lipinski definition) is 1. The monoisotopic (exact) mass is 519 g/mol. The van der Waals surface area contributed by atoms with E-state index in [2.05, 4.69) is 5.32 Å². The van der Waals surface area contributed by atoms with Gasteiger partial charge in [0.05, 0.1) is 19.1 Å². The maximum absolute atomic E-state index is 13.3. The number of methoxy groups -OCH3 is 1. The summed E-state index contributed by atoms with van der Waals surface area (Å²) >= 11 is 0. The number of likely N-dealkylation sites (N-methyl/N-ethyl adjacent to an activating group) is 1. The highest BCUT2D eigenvalue weighted by atomic mass is 32.2. The van der Waals surface area contributed by atoms with Gasteiger partial charge in [-0.3, -0.25) is 13.9 Å². The maximum Gasteiger partial charge on any atom is 0.242 e. The molecule has 1 N–H and O–H groups in total. The second kappa shape index (κ2) is 12.0. The molecule has 2 aromatic rings. The van der Waals surface area contributed by atoms with Crippen LogP contribution in [0.15, 0.2) is 42.5 Å². The summed E-state index contributed by atoms with van der Waals surface area (Å²) in [7, 11) is -0.497. The largest absolute Gasteiger partial charge is 0.497 e. The summed E-state index contributed by atoms with van der Waals surface area (Å²) in [5.74, 6) is 1.23. The number of carbonyl (C=O) groups excluding carboxylic acids is 2. The van der Waals surface area contributed by atoms with Crippen LogP contribution < -0.4 is 23.8 Å². The number of benzene rings is 2. The molecular weight excluding hydrogens is 486 g/mol. The van der Waals surface area contributed by atoms with E-state index in [1.165, 1.54) is 11.4 Å². The molecule has 3 rings (SSSR count). The van der Waals surface area contributed by atoms with Gasteiger partial charge in [0, 0.05) is 32.6 Å². The Morgan fingerprint density at radius 2 is 1.81 bits per heavy atom. The van der Waals surface area contributed by atoms with Gasteiger partial charge in [0.1, 0.15) is 11.8 Å². The van der Waals surface area contributed by atoms with E-state index in [-0.39, 0.29) is 44.5 Å². The molecule has 0 bridgehead atoms. The molecule has 0 aromatic heterocycles. The molecular formula is C25H33N3O7S. The quantitative estimate of drug-likeness (QED) is 0.458. The fraction of sp³-hybridized carbons (Fsp3) is 0.440. The Labute approximate surface area is 212 Å². The predicted molar refractivity (Wildman–Crippen MR) is 136 cm³/mol. The van der Waals surface area contributed by atoms with Crippen molar-refractivity contribution in [2.24, 2.45) is 0 Å². The van der Waals surface area contributed by atoms with E-state index in [1.54, 1.807) is 42.3 Å². The van der Waals surface area contributed by atoms with Gasteiger partial charge in [0.25, 0.3) is 0 Å². The highest BCUT2D eigenvalue weighted by Crippen LogP contribution is 2.36. The Morgan fingerprint density at radius 1 is 1.11 bits per heavy atom. The number of rotatable bonds is 12. The predicted octanol–water partition coefficient (Wildman–Crippen LogP) is 2.52. The third-order valence-corrected chi connectivity index (χ3v) is 7.13. The van der Waals surface area contributed by atoms with E-state index in [0.29, 0.717) is 29.4 Å². The van der Waals surface area contributed by atoms with Crippen LogP contribution in [-0.2, 0) is 26.2 Å². The SMILES string of the molecule is CC[C@H](C(=O)NC)N(Cc1ccc(OC)cc1)C(=O)CCCN(c1ccc2c(c1)OCO2)S(C)(=O)=O. The van der Waals surface area contributed by atoms with Gasteiger partial charge in [-0.25, -0.2) is 8.42 Å². The summed E-state index contributed by atoms with van der Waals surface area (Å²) in [6.07, 6.45) is 1.90. The summed E-state index contributed by atoms with van der Waals surface area (Å²) in [5.41, 5.74) is 1.28. The van der Waals surface area contributed by atoms with Crippen LogP contribution >= 0.6 is 0 Å². The first-order chi connectivity index (χ1) is 17.2. The van der Waals surface area contributed by atoms with Gasteiger partial charge in [-0.05, 0) is 42.7 Å². The molecule has 2 amide bonds. The second-order valence-corrected chi connectivity index (χ2v) is 10.3. The Kier molecular flexibility index (Phi) is 9.03. The molecule has 1 atom stereocenters. The molecule has 196 valence electrons. The highest BCUT2D eigenvalue weighted by molar-refractivity contribution is 7.92. The van der Waals surface area contributed by atoms with E-state index in [1.807, 2.05) is 19.1 Å². The molecule has 1 aliphatic heterocycles. The first kappa shape index (κ1) is 27.1. The number of nitrogens with zero attached hydrogens (tertiary/aromatic N) is 2. The first-order valence-corrected chi connectivity index (χ1v) is 13.5. The van der Waals surface area contributed by atoms with Crippen molar-refractivity contribution in [2.75, 3.05) is 38.1 Å². The van der Waals surface area contributed by atoms with Crippen molar-refractivity contribution in [3.05, 3.63) is 48.0 Å². The number of nitrogens with one attached hydrogen (secondary N) is 1. The van der Waals surface area contributed by atoms with Crippen molar-refractivity contribution in [3.8, 4) is 17.2 Å². The van der Waals surface area contributed by atoms with Crippen LogP contribution in [0.2, 0.25) is 0 Å². The number of hydrogen-bond acceptors (Lipinski definition) is 7. The Morgan fingerprint density at radius 3 is 2.42 bits per heavy atom. The molecule has 11 heteroatoms. The number of ether oxygens (including phenoxy) is 3. The lowest BCUT2D eigenvalue weighted by atomic mass is 10.1. The van der Waals surface area contributed by atoms with Crippen LogP contribution in [0.5, 0.6) is 17.2 Å². The molecule has 10 nitrogen and oxygen atoms in total. The standard InChI is InChI=1S/C25H33N3O7S/c1-5-21(25(30)26-2)27(16-18-8-11-20(33-3)12-9-18)24(29)7-6-14-28(36(4,31)32)19-10-13-22-23(15-19)35-17-34-22/h8-13,15,21H,5-7,14,16-17H2,1-4H3,(H,26,30)/t21-/m1/s1. The van der Waals surface area contributed by atoms with Crippen molar-refractivity contribution >= 4 is 27.5 Å². The van der Waals surface area contributed by atoms with Crippen molar-refractivity contribution in [1.29, 1.82) is 0 Å². The molecule has 1 aliphatic rings. The van der Waals surface area contributed by atoms with Crippen molar-refractivity contribution in [3.63, 3.8) is 0 Å². The van der Waals surface area contributed by atoms with Gasteiger partial charge in [-0.15, -0.1) is 0 Å². The first-order valence-electron chi connectivity index (χ1n) is 11.7. The Hall–Kier alpha value is -3.47. The van der Waals surface area contributed by atoms with Crippen LogP contribution in [0.4, 0.5) is 5.69 Å². The van der Waals surface area contributed by atoms with E-state index in [9.17, 15) is 18.0 Å². The minimum atomic E-state index is -3.61. The molecule has 0 fully saturated rings. The number of sulfonamides is 1. The molecule has 0 radical (unpaired) electrons. The van der Waals surface area contributed by atoms with E-state index in [4.69, 9.17) is 14.2 Å². The van der Waals surface area contributed by atoms with E-state index >= 15 is 0 Å². The highest BCUT2D eigenvalue weighted by Gasteiger charge is 2.28. The van der Waals surface area contributed by atoms with Crippen LogP contribution in [0.25, 0.3) is 0 Å². The number of anilines is 1. The van der Waals surface area contributed by atoms with Gasteiger partial charge >= 0.3 is 0 Å². The lowest BCUT2D eigenvalue weighted by molar-refractivity contribution is -0.141. The van der Waals surface area contributed by atoms with Gasteiger partial charge in [-0.2, -0.15) is 0 Å². The fourth-order valence-electron chi connectivity index (χ4n) is 4.06. The number of fused-ring (bicyclic) bond motifs is 1. The summed E-state index contributed by atoms with van der Waals surface area (Å²) in [4.78, 5) is 27.4. The summed E-state index contributed by atoms with van der Waals surface area (Å²) < 4.78 is 42.1. The third kappa shape index (κ3) is 6.60. The Bertz CT molecular complexity index is 1170. The summed E-state index contributed by atoms with van der Waals surface area (Å²) in [5, 5.41) is 2.63. The second-order valence-electron chi connectivity index (χ2n) is 8.38. The van der Waals surface area contributed by atoms with E-state index in [0.717, 1.165) is 11.8 Å². The van der Waals surface area contributed by atoms with Gasteiger partial charge in [0.2, 0.25) is 28.6 Å². The minimum absolute atomic E-state index is 0.0697. The molecule has 2 aromatic carbocycles. The average Bonchev–Trinajstić information content (AvgIpc) is 3.33. The summed E-state index contributed by atoms with van der Waals surface area (Å²) in [6, 6.07) is 11.6. The van der Waals surface area contributed by atoms with Gasteiger partial charge in [0.15, 0.2) is 11.5 Å². The van der Waals surface area contributed by atoms with Crippen molar-refractivity contribution < 1.29 is 32.2 Å². The van der Waals surface area contributed by atoms with Gasteiger partial charge < -0.3 is 24.4 Å². The molecule has 1 heterocycles. The van der Waals surface area contributed by atoms with E-state index < -0.39 is 16.1 Å². The topological polar surface area (TPSA) is 114 Å². The zero-order chi connectivity index (χ0) is 26.3. The van der Waals surface area contributed by atoms with Crippen LogP contribution in [0.1, 0.15) is 31.7 Å². The average molecular weight is 520 g/mol. The molecule has 36 heavy (non-hydrogen) atoms. The zero-order valence-corrected chi connectivity index (χ0v) is 21.8. The van der Waals surface area contributed by atoms with Crippen LogP contribution in [0, 0.1) is 0 Å². The third-order valence-electron chi connectivity index (χ3n) is 5.94. The molecule has 0 unspecified atom stereocenters. The molecule has 0 saturated heterocycles. The number of carbonyl (C=O) groups is 2. The lowest BCUT2D eigenvalue weighted by Crippen LogP contribution is -2.48. The Balaban J connectivity index is 1.74. The van der Waals surface area contributed by atoms with Crippen molar-refractivity contribution in [1.82, 2.24) is 10.2 Å². The molecule has 0 spiro atoms. The zero-order valence-electron chi connectivity index (χ0n) is 21.0. The maximum atomic E-state index is 13.3. The van der Waals surface area contributed by atoms with Crippen LogP contribution in [0.3, 0.4) is 0 Å². The van der Waals surface area contributed by atoms with Crippen molar-refractivity contribution in [2.45, 2.75) is 38.8 Å². The fourth-order valence-corrected chi connectivity index (χ4v) is 5.02. The number of amides is 2. The minimum Gasteiger partial charge on any atom is -0.497 e. The molecule has 0 saturated carbocycles. The normalized spacial score (nSPS) is 13.1. The van der Waals surface area contributed by atoms with Crippen LogP contribution in [-0.4, -0.2) is 64.9 Å². The smallest absolute Gasteiger partial charge is 0.242 e. The van der Waals surface area contributed by atoms with Gasteiger partial charge in [-0.1, -0.05) is 19.1 Å².